The summed E-state index contributed by atoms with van der Waals surface area (Å²) in [6.07, 6.45) is -19.9. The fourth-order valence-corrected chi connectivity index (χ4v) is 6.40. The Bertz CT molecular complexity index is 1030. The van der Waals surface area contributed by atoms with Gasteiger partial charge in [0.25, 0.3) is 0 Å². The van der Waals surface area contributed by atoms with Crippen LogP contribution in [0.25, 0.3) is 0 Å². The van der Waals surface area contributed by atoms with Crippen molar-refractivity contribution in [2.75, 3.05) is 26.2 Å². The molecule has 0 aromatic rings. The van der Waals surface area contributed by atoms with Crippen molar-refractivity contribution >= 4 is 5.91 Å². The van der Waals surface area contributed by atoms with E-state index in [2.05, 4.69) is 5.32 Å². The van der Waals surface area contributed by atoms with Crippen LogP contribution in [0.5, 0.6) is 0 Å². The molecule has 0 aromatic heterocycles. The Hall–Kier alpha value is -1.29. The molecule has 4 rings (SSSR count). The maximum absolute atomic E-state index is 12.6. The molecule has 2 unspecified atom stereocenters. The van der Waals surface area contributed by atoms with Gasteiger partial charge in [-0.05, 0) is 25.8 Å². The molecular formula is C27H53N7O14. The largest absolute Gasteiger partial charge is 0.394 e. The SMILES string of the molecule is NCCC(O)C(=O)N[C@@H]1C[C@H](N)[C@@H](O[C@H]2O[C@H](CN)C(O)C[C@H]2N)[C@H](O[C@@H]2O[C@H](CO)[C@@H](O[C@H]3O[C@@H](CN)[C@@H](O)[C@H](O)[C@H]3N)[C@H]2O)[C@H]1O. The third-order valence-electron chi connectivity index (χ3n) is 9.25. The summed E-state index contributed by atoms with van der Waals surface area (Å²) in [7, 11) is 0. The fraction of sp³-hybridized carbons (Fsp3) is 0.963. The number of nitrogens with one attached hydrogen (secondary N) is 1. The van der Waals surface area contributed by atoms with E-state index in [4.69, 9.17) is 62.8 Å². The number of aliphatic hydroxyl groups excluding tert-OH is 7. The summed E-state index contributed by atoms with van der Waals surface area (Å²) < 4.78 is 35.2. The second-order valence-corrected chi connectivity index (χ2v) is 12.7. The van der Waals surface area contributed by atoms with Crippen LogP contribution in [0.4, 0.5) is 0 Å². The molecule has 3 saturated heterocycles. The third kappa shape index (κ3) is 8.59. The van der Waals surface area contributed by atoms with Crippen LogP contribution in [0, 0.1) is 0 Å². The average molecular weight is 700 g/mol. The smallest absolute Gasteiger partial charge is 0.249 e. The molecule has 0 radical (unpaired) electrons. The highest BCUT2D eigenvalue weighted by molar-refractivity contribution is 5.80. The molecule has 1 saturated carbocycles. The van der Waals surface area contributed by atoms with E-state index in [1.54, 1.807) is 0 Å². The highest BCUT2D eigenvalue weighted by Gasteiger charge is 2.54. The van der Waals surface area contributed by atoms with Gasteiger partial charge in [0.2, 0.25) is 5.91 Å². The topological polar surface area (TPSA) is 382 Å². The maximum Gasteiger partial charge on any atom is 0.249 e. The summed E-state index contributed by atoms with van der Waals surface area (Å²) in [5.41, 5.74) is 35.5. The summed E-state index contributed by atoms with van der Waals surface area (Å²) >= 11 is 0. The van der Waals surface area contributed by atoms with Gasteiger partial charge in [0.15, 0.2) is 18.9 Å². The first-order valence-electron chi connectivity index (χ1n) is 16.0. The van der Waals surface area contributed by atoms with Gasteiger partial charge in [-0.3, -0.25) is 4.79 Å². The molecule has 48 heavy (non-hydrogen) atoms. The van der Waals surface area contributed by atoms with Crippen molar-refractivity contribution in [1.29, 1.82) is 0 Å². The fourth-order valence-electron chi connectivity index (χ4n) is 6.40. The van der Waals surface area contributed by atoms with Crippen molar-refractivity contribution in [3.63, 3.8) is 0 Å². The molecule has 21 nitrogen and oxygen atoms in total. The molecule has 3 heterocycles. The number of ether oxygens (including phenoxy) is 6. The van der Waals surface area contributed by atoms with Crippen LogP contribution in [-0.2, 0) is 33.2 Å². The number of nitrogens with two attached hydrogens (primary N) is 6. The molecule has 20 N–H and O–H groups in total. The Kier molecular flexibility index (Phi) is 14.2. The number of amides is 1. The van der Waals surface area contributed by atoms with Gasteiger partial charge in [-0.1, -0.05) is 0 Å². The van der Waals surface area contributed by atoms with Crippen molar-refractivity contribution < 1.29 is 69.0 Å². The first kappa shape index (κ1) is 39.5. The second-order valence-electron chi connectivity index (χ2n) is 12.7. The van der Waals surface area contributed by atoms with Gasteiger partial charge >= 0.3 is 0 Å². The Morgan fingerprint density at radius 2 is 1.33 bits per heavy atom. The predicted octanol–water partition coefficient (Wildman–Crippen LogP) is -9.00. The minimum Gasteiger partial charge on any atom is -0.394 e. The summed E-state index contributed by atoms with van der Waals surface area (Å²) in [6.45, 7) is -0.897. The maximum atomic E-state index is 12.6. The zero-order valence-electron chi connectivity index (χ0n) is 26.4. The van der Waals surface area contributed by atoms with E-state index in [9.17, 15) is 40.5 Å². The lowest BCUT2D eigenvalue weighted by Crippen LogP contribution is -2.67. The zero-order chi connectivity index (χ0) is 35.4. The van der Waals surface area contributed by atoms with E-state index in [0.29, 0.717) is 0 Å². The Morgan fingerprint density at radius 3 is 1.96 bits per heavy atom. The van der Waals surface area contributed by atoms with E-state index in [1.807, 2.05) is 0 Å². The van der Waals surface area contributed by atoms with Gasteiger partial charge in [0, 0.05) is 19.1 Å². The molecule has 280 valence electrons. The van der Waals surface area contributed by atoms with Crippen molar-refractivity contribution in [3.05, 3.63) is 0 Å². The molecule has 0 spiro atoms. The second kappa shape index (κ2) is 17.3. The Morgan fingerprint density at radius 1 is 0.729 bits per heavy atom. The van der Waals surface area contributed by atoms with Crippen LogP contribution in [-0.4, -0.2) is 184 Å². The molecule has 4 aliphatic rings. The van der Waals surface area contributed by atoms with Crippen molar-refractivity contribution in [1.82, 2.24) is 5.32 Å². The van der Waals surface area contributed by atoms with Gasteiger partial charge in [-0.25, -0.2) is 0 Å². The molecule has 3 aliphatic heterocycles. The molecule has 19 atom stereocenters. The van der Waals surface area contributed by atoms with Crippen molar-refractivity contribution in [2.45, 2.75) is 136 Å². The highest BCUT2D eigenvalue weighted by atomic mass is 16.8. The van der Waals surface area contributed by atoms with Crippen molar-refractivity contribution in [3.8, 4) is 0 Å². The lowest BCUT2D eigenvalue weighted by molar-refractivity contribution is -0.296. The van der Waals surface area contributed by atoms with Gasteiger partial charge in [-0.2, -0.15) is 0 Å². The van der Waals surface area contributed by atoms with Crippen LogP contribution >= 0.6 is 0 Å². The third-order valence-corrected chi connectivity index (χ3v) is 9.25. The number of carbonyl (C=O) groups is 1. The highest BCUT2D eigenvalue weighted by Crippen LogP contribution is 2.34. The average Bonchev–Trinajstić information content (AvgIpc) is 3.35. The summed E-state index contributed by atoms with van der Waals surface area (Å²) in [5, 5.41) is 76.4. The number of hydrogen-bond acceptors (Lipinski definition) is 20. The van der Waals surface area contributed by atoms with Crippen LogP contribution in [0.15, 0.2) is 0 Å². The lowest BCUT2D eigenvalue weighted by atomic mass is 9.83. The van der Waals surface area contributed by atoms with Gasteiger partial charge < -0.3 is 104 Å². The van der Waals surface area contributed by atoms with Gasteiger partial charge in [-0.15, -0.1) is 0 Å². The first-order chi connectivity index (χ1) is 22.8. The van der Waals surface area contributed by atoms with Gasteiger partial charge in [0.1, 0.15) is 61.0 Å². The van der Waals surface area contributed by atoms with Crippen LogP contribution in [0.2, 0.25) is 0 Å². The van der Waals surface area contributed by atoms with Crippen LogP contribution in [0.3, 0.4) is 0 Å². The summed E-state index contributed by atoms with van der Waals surface area (Å²) in [6, 6.07) is -4.17. The summed E-state index contributed by atoms with van der Waals surface area (Å²) in [5.74, 6) is -0.815. The standard InChI is InChI=1S/C27H53N7O14/c28-2-1-11(36)24(42)34-10-3-8(31)21(46-25-9(32)4-12(37)13(5-29)43-25)23(17(10)38)48-27-20(41)22(15(7-35)45-27)47-26-16(33)19(40)18(39)14(6-30)44-26/h8-23,25-27,35-41H,1-7,28-33H2,(H,34,42)/t8-,9+,10+,11?,12?,13+,14-,15+,16+,17-,18+,19+,20+,21+,22+,23+,25+,26+,27-/m0/s1. The number of hydrogen-bond donors (Lipinski definition) is 14. The molecule has 1 aliphatic carbocycles. The Balaban J connectivity index is 1.55. The van der Waals surface area contributed by atoms with E-state index in [1.165, 1.54) is 0 Å². The van der Waals surface area contributed by atoms with Crippen molar-refractivity contribution in [2.24, 2.45) is 34.4 Å². The van der Waals surface area contributed by atoms with Crippen LogP contribution < -0.4 is 39.7 Å². The quantitative estimate of drug-likeness (QED) is 0.0848. The lowest BCUT2D eigenvalue weighted by Gasteiger charge is -2.47. The van der Waals surface area contributed by atoms with E-state index < -0.39 is 129 Å². The zero-order valence-corrected chi connectivity index (χ0v) is 26.4. The monoisotopic (exact) mass is 699 g/mol. The number of aliphatic hydroxyl groups is 7. The van der Waals surface area contributed by atoms with E-state index in [0.717, 1.165) is 0 Å². The first-order valence-corrected chi connectivity index (χ1v) is 16.0. The predicted molar refractivity (Wildman–Crippen MR) is 161 cm³/mol. The number of rotatable bonds is 13. The molecule has 0 bridgehead atoms. The minimum atomic E-state index is -1.67. The molecule has 1 amide bonds. The number of carbonyl (C=O) groups excluding carboxylic acids is 1. The molecule has 4 fully saturated rings. The molecule has 0 aromatic carbocycles. The Labute approximate surface area is 276 Å². The van der Waals surface area contributed by atoms with E-state index in [-0.39, 0.29) is 38.9 Å². The van der Waals surface area contributed by atoms with E-state index >= 15 is 0 Å². The molecule has 21 heteroatoms. The molecular weight excluding hydrogens is 646 g/mol. The van der Waals surface area contributed by atoms with Crippen LogP contribution in [0.1, 0.15) is 19.3 Å². The summed E-state index contributed by atoms with van der Waals surface area (Å²) in [4.78, 5) is 12.6. The minimum absolute atomic E-state index is 0.0263. The normalized spacial score (nSPS) is 47.5. The van der Waals surface area contributed by atoms with Gasteiger partial charge in [0.05, 0.1) is 36.9 Å².